The van der Waals surface area contributed by atoms with Gasteiger partial charge in [-0.2, -0.15) is 0 Å². The van der Waals surface area contributed by atoms with Crippen LogP contribution in [0.25, 0.3) is 11.1 Å². The van der Waals surface area contributed by atoms with Crippen molar-refractivity contribution in [2.75, 3.05) is 6.61 Å². The van der Waals surface area contributed by atoms with Crippen molar-refractivity contribution in [3.8, 4) is 11.1 Å². The lowest BCUT2D eigenvalue weighted by Crippen LogP contribution is -2.38. The Hall–Kier alpha value is -2.20. The van der Waals surface area contributed by atoms with E-state index in [1.54, 1.807) is 12.4 Å². The lowest BCUT2D eigenvalue weighted by Gasteiger charge is -2.19. The summed E-state index contributed by atoms with van der Waals surface area (Å²) in [5.74, 6) is -0.161. The molecule has 2 N–H and O–H groups in total. The molecule has 1 amide bonds. The fourth-order valence-electron chi connectivity index (χ4n) is 2.06. The van der Waals surface area contributed by atoms with Gasteiger partial charge in [-0.15, -0.1) is 0 Å². The summed E-state index contributed by atoms with van der Waals surface area (Å²) in [5, 5.41) is 12.0. The van der Waals surface area contributed by atoms with Crippen LogP contribution in [0.1, 0.15) is 29.8 Å². The van der Waals surface area contributed by atoms with Crippen molar-refractivity contribution in [1.82, 2.24) is 10.3 Å². The van der Waals surface area contributed by atoms with Crippen LogP contribution >= 0.6 is 0 Å². The molecule has 0 aliphatic rings. The summed E-state index contributed by atoms with van der Waals surface area (Å²) < 4.78 is 0. The van der Waals surface area contributed by atoms with Crippen molar-refractivity contribution < 1.29 is 9.90 Å². The highest BCUT2D eigenvalue weighted by molar-refractivity contribution is 5.95. The molecule has 2 atom stereocenters. The molecule has 0 radical (unpaired) electrons. The first-order valence-corrected chi connectivity index (χ1v) is 7.45. The van der Waals surface area contributed by atoms with Crippen molar-refractivity contribution >= 4 is 5.91 Å². The average Bonchev–Trinajstić information content (AvgIpc) is 2.54. The number of aliphatic hydroxyl groups is 1. The Morgan fingerprint density at radius 3 is 2.50 bits per heavy atom. The maximum Gasteiger partial charge on any atom is 0.253 e. The third-order valence-corrected chi connectivity index (χ3v) is 3.89. The molecule has 1 aromatic heterocycles. The summed E-state index contributed by atoms with van der Waals surface area (Å²) in [6.07, 6.45) is 3.31. The zero-order valence-electron chi connectivity index (χ0n) is 13.2. The number of pyridine rings is 1. The molecule has 0 aliphatic heterocycles. The second-order valence-electron chi connectivity index (χ2n) is 5.75. The Balaban J connectivity index is 2.17. The monoisotopic (exact) mass is 298 g/mol. The van der Waals surface area contributed by atoms with Crippen LogP contribution in [0.5, 0.6) is 0 Å². The van der Waals surface area contributed by atoms with Crippen LogP contribution < -0.4 is 5.32 Å². The van der Waals surface area contributed by atoms with Gasteiger partial charge < -0.3 is 10.4 Å². The van der Waals surface area contributed by atoms with Crippen LogP contribution in [0.4, 0.5) is 0 Å². The minimum Gasteiger partial charge on any atom is -0.396 e. The highest BCUT2D eigenvalue weighted by Gasteiger charge is 2.15. The number of aromatic nitrogens is 1. The molecule has 2 unspecified atom stereocenters. The Kier molecular flexibility index (Phi) is 5.28. The Morgan fingerprint density at radius 1 is 1.18 bits per heavy atom. The Morgan fingerprint density at radius 2 is 1.86 bits per heavy atom. The minimum absolute atomic E-state index is 0.0113. The summed E-state index contributed by atoms with van der Waals surface area (Å²) in [5.41, 5.74) is 3.66. The number of carbonyl (C=O) groups is 1. The van der Waals surface area contributed by atoms with Crippen molar-refractivity contribution in [1.29, 1.82) is 0 Å². The number of amides is 1. The molecular weight excluding hydrogens is 276 g/mol. The molecule has 2 rings (SSSR count). The first-order valence-electron chi connectivity index (χ1n) is 7.45. The molecule has 4 nitrogen and oxygen atoms in total. The van der Waals surface area contributed by atoms with Crippen LogP contribution in [0.3, 0.4) is 0 Å². The van der Waals surface area contributed by atoms with E-state index in [-0.39, 0.29) is 24.5 Å². The molecule has 1 heterocycles. The summed E-state index contributed by atoms with van der Waals surface area (Å²) in [4.78, 5) is 16.4. The van der Waals surface area contributed by atoms with Gasteiger partial charge in [0.1, 0.15) is 0 Å². The van der Waals surface area contributed by atoms with Gasteiger partial charge in [-0.05, 0) is 31.4 Å². The van der Waals surface area contributed by atoms with Crippen molar-refractivity contribution in [2.24, 2.45) is 5.92 Å². The first-order chi connectivity index (χ1) is 10.5. The van der Waals surface area contributed by atoms with Gasteiger partial charge in [0, 0.05) is 30.6 Å². The number of hydrogen-bond donors (Lipinski definition) is 2. The zero-order chi connectivity index (χ0) is 16.1. The van der Waals surface area contributed by atoms with Gasteiger partial charge in [0.25, 0.3) is 5.91 Å². The summed E-state index contributed by atoms with van der Waals surface area (Å²) in [6.45, 7) is 5.86. The van der Waals surface area contributed by atoms with E-state index in [0.29, 0.717) is 5.56 Å². The lowest BCUT2D eigenvalue weighted by atomic mass is 10.0. The molecule has 0 fully saturated rings. The summed E-state index contributed by atoms with van der Waals surface area (Å²) in [7, 11) is 0. The van der Waals surface area contributed by atoms with Gasteiger partial charge in [-0.3, -0.25) is 9.78 Å². The van der Waals surface area contributed by atoms with Gasteiger partial charge in [-0.1, -0.05) is 36.8 Å². The van der Waals surface area contributed by atoms with Crippen LogP contribution in [-0.4, -0.2) is 28.6 Å². The smallest absolute Gasteiger partial charge is 0.253 e. The van der Waals surface area contributed by atoms with Crippen molar-refractivity contribution in [3.63, 3.8) is 0 Å². The van der Waals surface area contributed by atoms with E-state index in [1.165, 1.54) is 5.56 Å². The molecule has 2 aromatic rings. The predicted octanol–water partition coefficient (Wildman–Crippen LogP) is 2.80. The fraction of sp³-hybridized carbons (Fsp3) is 0.333. The fourth-order valence-corrected chi connectivity index (χ4v) is 2.06. The van der Waals surface area contributed by atoms with Crippen molar-refractivity contribution in [3.05, 3.63) is 53.9 Å². The molecule has 4 heteroatoms. The summed E-state index contributed by atoms with van der Waals surface area (Å²) in [6, 6.07) is 9.85. The molecule has 116 valence electrons. The Labute approximate surface area is 131 Å². The number of benzene rings is 1. The topological polar surface area (TPSA) is 62.2 Å². The second kappa shape index (κ2) is 7.18. The van der Waals surface area contributed by atoms with Gasteiger partial charge in [0.05, 0.1) is 5.56 Å². The van der Waals surface area contributed by atoms with E-state index in [2.05, 4.69) is 10.3 Å². The van der Waals surface area contributed by atoms with Crippen LogP contribution in [0, 0.1) is 12.8 Å². The van der Waals surface area contributed by atoms with Gasteiger partial charge >= 0.3 is 0 Å². The Bertz CT molecular complexity index is 638. The quantitative estimate of drug-likeness (QED) is 0.892. The van der Waals surface area contributed by atoms with Gasteiger partial charge in [0.15, 0.2) is 0 Å². The van der Waals surface area contributed by atoms with Gasteiger partial charge in [0.2, 0.25) is 0 Å². The molecule has 0 saturated carbocycles. The highest BCUT2D eigenvalue weighted by Crippen LogP contribution is 2.20. The van der Waals surface area contributed by atoms with Crippen LogP contribution in [-0.2, 0) is 0 Å². The SMILES string of the molecule is Cc1ccc(-c2cncc(C(=O)NC(C)C(C)CO)c2)cc1. The van der Waals surface area contributed by atoms with E-state index in [0.717, 1.165) is 11.1 Å². The third kappa shape index (κ3) is 3.92. The summed E-state index contributed by atoms with van der Waals surface area (Å²) >= 11 is 0. The highest BCUT2D eigenvalue weighted by atomic mass is 16.3. The predicted molar refractivity (Wildman–Crippen MR) is 87.6 cm³/mol. The third-order valence-electron chi connectivity index (χ3n) is 3.89. The van der Waals surface area contributed by atoms with Crippen molar-refractivity contribution in [2.45, 2.75) is 26.8 Å². The molecular formula is C18H22N2O2. The normalized spacial score (nSPS) is 13.5. The average molecular weight is 298 g/mol. The van der Waals surface area contributed by atoms with Crippen LogP contribution in [0.2, 0.25) is 0 Å². The number of aliphatic hydroxyl groups excluding tert-OH is 1. The number of carbonyl (C=O) groups excluding carboxylic acids is 1. The maximum absolute atomic E-state index is 12.3. The van der Waals surface area contributed by atoms with Crippen LogP contribution in [0.15, 0.2) is 42.7 Å². The molecule has 0 saturated heterocycles. The number of hydrogen-bond acceptors (Lipinski definition) is 3. The number of nitrogens with zero attached hydrogens (tertiary/aromatic N) is 1. The second-order valence-corrected chi connectivity index (χ2v) is 5.75. The largest absolute Gasteiger partial charge is 0.396 e. The maximum atomic E-state index is 12.3. The molecule has 0 spiro atoms. The number of rotatable bonds is 5. The minimum atomic E-state index is -0.172. The molecule has 0 bridgehead atoms. The first kappa shape index (κ1) is 16.2. The number of aryl methyl sites for hydroxylation is 1. The zero-order valence-corrected chi connectivity index (χ0v) is 13.2. The van der Waals surface area contributed by atoms with Gasteiger partial charge in [-0.25, -0.2) is 0 Å². The standard InChI is InChI=1S/C18H22N2O2/c1-12-4-6-15(7-5-12)16-8-17(10-19-9-16)18(22)20-14(3)13(2)11-21/h4-10,13-14,21H,11H2,1-3H3,(H,20,22). The number of nitrogens with one attached hydrogen (secondary N) is 1. The van der Waals surface area contributed by atoms with E-state index >= 15 is 0 Å². The molecule has 22 heavy (non-hydrogen) atoms. The molecule has 0 aliphatic carbocycles. The van der Waals surface area contributed by atoms with E-state index in [9.17, 15) is 4.79 Å². The van der Waals surface area contributed by atoms with E-state index < -0.39 is 0 Å². The lowest BCUT2D eigenvalue weighted by molar-refractivity contribution is 0.0916. The van der Waals surface area contributed by atoms with E-state index in [1.807, 2.05) is 51.1 Å². The van der Waals surface area contributed by atoms with E-state index in [4.69, 9.17) is 5.11 Å². The molecule has 1 aromatic carbocycles.